The second-order valence-electron chi connectivity index (χ2n) is 2.96. The summed E-state index contributed by atoms with van der Waals surface area (Å²) in [6.07, 6.45) is 0. The summed E-state index contributed by atoms with van der Waals surface area (Å²) in [5.74, 6) is 0. The van der Waals surface area contributed by atoms with Gasteiger partial charge >= 0.3 is 17.3 Å². The van der Waals surface area contributed by atoms with Crippen LogP contribution in [0.4, 0.5) is 3.89 Å². The topological polar surface area (TPSA) is 63.6 Å². The molecule has 0 amide bonds. The van der Waals surface area contributed by atoms with Crippen molar-refractivity contribution in [3.8, 4) is 0 Å². The van der Waals surface area contributed by atoms with Crippen molar-refractivity contribution in [3.63, 3.8) is 0 Å². The standard InChI is InChI=1S/C7H6BFO4S/c9-14(11,12)6-2-1-5-4-13-8(10)7(5)3-6/h1-3,10H,4H2. The van der Waals surface area contributed by atoms with Gasteiger partial charge in [0.15, 0.2) is 0 Å². The van der Waals surface area contributed by atoms with Crippen LogP contribution in [-0.2, 0) is 21.5 Å². The van der Waals surface area contributed by atoms with Crippen molar-refractivity contribution in [2.75, 3.05) is 0 Å². The van der Waals surface area contributed by atoms with Gasteiger partial charge < -0.3 is 9.68 Å². The summed E-state index contributed by atoms with van der Waals surface area (Å²) in [6, 6.07) is 3.66. The van der Waals surface area contributed by atoms with E-state index in [4.69, 9.17) is 4.65 Å². The minimum Gasteiger partial charge on any atom is -0.423 e. The molecule has 0 saturated carbocycles. The van der Waals surface area contributed by atoms with Crippen LogP contribution in [0.3, 0.4) is 0 Å². The van der Waals surface area contributed by atoms with Crippen LogP contribution in [0.5, 0.6) is 0 Å². The maximum atomic E-state index is 12.6. The van der Waals surface area contributed by atoms with E-state index in [1.54, 1.807) is 0 Å². The van der Waals surface area contributed by atoms with Crippen LogP contribution in [0.2, 0.25) is 0 Å². The van der Waals surface area contributed by atoms with E-state index in [1.807, 2.05) is 0 Å². The molecule has 0 aliphatic carbocycles. The third-order valence-corrected chi connectivity index (χ3v) is 2.88. The molecular formula is C7H6BFO4S. The largest absolute Gasteiger partial charge is 0.491 e. The highest BCUT2D eigenvalue weighted by Crippen LogP contribution is 2.16. The van der Waals surface area contributed by atoms with Crippen LogP contribution in [0.25, 0.3) is 0 Å². The first-order valence-corrected chi connectivity index (χ1v) is 5.24. The molecule has 1 aromatic carbocycles. The molecule has 1 aromatic rings. The molecule has 1 aliphatic heterocycles. The first-order valence-electron chi connectivity index (χ1n) is 3.85. The molecule has 7 heteroatoms. The lowest BCUT2D eigenvalue weighted by Crippen LogP contribution is -2.28. The highest BCUT2D eigenvalue weighted by atomic mass is 32.3. The first kappa shape index (κ1) is 9.63. The van der Waals surface area contributed by atoms with Gasteiger partial charge in [0.2, 0.25) is 0 Å². The van der Waals surface area contributed by atoms with Crippen molar-refractivity contribution in [1.82, 2.24) is 0 Å². The summed E-state index contributed by atoms with van der Waals surface area (Å²) in [5, 5.41) is 9.23. The highest BCUT2D eigenvalue weighted by Gasteiger charge is 2.28. The number of hydrogen-bond donors (Lipinski definition) is 1. The molecule has 0 aromatic heterocycles. The second kappa shape index (κ2) is 3.04. The fraction of sp³-hybridized carbons (Fsp3) is 0.143. The lowest BCUT2D eigenvalue weighted by Gasteiger charge is -1.99. The van der Waals surface area contributed by atoms with Crippen LogP contribution in [-0.4, -0.2) is 20.6 Å². The van der Waals surface area contributed by atoms with Crippen molar-refractivity contribution in [1.29, 1.82) is 0 Å². The zero-order valence-electron chi connectivity index (χ0n) is 6.97. The van der Waals surface area contributed by atoms with Gasteiger partial charge in [-0.15, -0.1) is 3.89 Å². The van der Waals surface area contributed by atoms with E-state index in [0.717, 1.165) is 12.1 Å². The summed E-state index contributed by atoms with van der Waals surface area (Å²) in [4.78, 5) is -0.458. The van der Waals surface area contributed by atoms with Gasteiger partial charge in [0.05, 0.1) is 11.5 Å². The van der Waals surface area contributed by atoms with E-state index in [2.05, 4.69) is 0 Å². The maximum Gasteiger partial charge on any atom is 0.491 e. The summed E-state index contributed by atoms with van der Waals surface area (Å²) in [7, 11) is -5.87. The summed E-state index contributed by atoms with van der Waals surface area (Å²) >= 11 is 0. The zero-order chi connectivity index (χ0) is 10.3. The molecule has 74 valence electrons. The molecule has 0 bridgehead atoms. The summed E-state index contributed by atoms with van der Waals surface area (Å²) in [5.41, 5.74) is 0.980. The smallest absolute Gasteiger partial charge is 0.423 e. The van der Waals surface area contributed by atoms with Crippen LogP contribution >= 0.6 is 0 Å². The fourth-order valence-corrected chi connectivity index (χ4v) is 1.84. The lowest BCUT2D eigenvalue weighted by atomic mass is 9.80. The molecule has 1 N–H and O–H groups in total. The third kappa shape index (κ3) is 1.54. The van der Waals surface area contributed by atoms with Gasteiger partial charge in [0.25, 0.3) is 0 Å². The Bertz CT molecular complexity index is 473. The number of rotatable bonds is 1. The Balaban J connectivity index is 2.56. The third-order valence-electron chi connectivity index (χ3n) is 2.06. The molecule has 0 radical (unpaired) electrons. The van der Waals surface area contributed by atoms with Crippen LogP contribution in [0, 0.1) is 0 Å². The van der Waals surface area contributed by atoms with Gasteiger partial charge in [-0.2, -0.15) is 8.42 Å². The normalized spacial score (nSPS) is 15.7. The Morgan fingerprint density at radius 2 is 2.21 bits per heavy atom. The Kier molecular flexibility index (Phi) is 2.09. The van der Waals surface area contributed by atoms with Crippen LogP contribution < -0.4 is 5.46 Å². The van der Waals surface area contributed by atoms with E-state index >= 15 is 0 Å². The average Bonchev–Trinajstić information content (AvgIpc) is 2.46. The van der Waals surface area contributed by atoms with E-state index in [9.17, 15) is 17.3 Å². The number of hydrogen-bond acceptors (Lipinski definition) is 4. The van der Waals surface area contributed by atoms with Crippen molar-refractivity contribution in [2.24, 2.45) is 0 Å². The molecule has 0 unspecified atom stereocenters. The Morgan fingerprint density at radius 1 is 1.50 bits per heavy atom. The summed E-state index contributed by atoms with van der Waals surface area (Å²) in [6.45, 7) is 0.211. The molecule has 0 spiro atoms. The van der Waals surface area contributed by atoms with Crippen molar-refractivity contribution in [3.05, 3.63) is 23.8 Å². The van der Waals surface area contributed by atoms with Gasteiger partial charge in [0, 0.05) is 0 Å². The Hall–Kier alpha value is -0.915. The Morgan fingerprint density at radius 3 is 2.86 bits per heavy atom. The fourth-order valence-electron chi connectivity index (χ4n) is 1.34. The number of halogens is 1. The van der Waals surface area contributed by atoms with Gasteiger partial charge in [-0.25, -0.2) is 0 Å². The monoisotopic (exact) mass is 216 g/mol. The molecule has 0 atom stereocenters. The van der Waals surface area contributed by atoms with E-state index < -0.39 is 22.2 Å². The number of fused-ring (bicyclic) bond motifs is 1. The molecule has 0 fully saturated rings. The Labute approximate surface area is 80.7 Å². The van der Waals surface area contributed by atoms with E-state index in [1.165, 1.54) is 6.07 Å². The molecule has 1 heterocycles. The van der Waals surface area contributed by atoms with Crippen molar-refractivity contribution >= 4 is 22.8 Å². The lowest BCUT2D eigenvalue weighted by molar-refractivity contribution is 0.275. The molecule has 1 aliphatic rings. The minimum absolute atomic E-state index is 0.211. The summed E-state index contributed by atoms with van der Waals surface area (Å²) < 4.78 is 38.5. The molecule has 14 heavy (non-hydrogen) atoms. The predicted octanol–water partition coefficient (Wildman–Crippen LogP) is -0.438. The van der Waals surface area contributed by atoms with Gasteiger partial charge in [0.1, 0.15) is 0 Å². The molecule has 4 nitrogen and oxygen atoms in total. The molecule has 2 rings (SSSR count). The van der Waals surface area contributed by atoms with E-state index in [0.29, 0.717) is 11.0 Å². The first-order chi connectivity index (χ1) is 6.48. The minimum atomic E-state index is -4.71. The molecule has 0 saturated heterocycles. The van der Waals surface area contributed by atoms with Crippen molar-refractivity contribution in [2.45, 2.75) is 11.5 Å². The van der Waals surface area contributed by atoms with E-state index in [-0.39, 0.29) is 6.61 Å². The number of benzene rings is 1. The average molecular weight is 216 g/mol. The predicted molar refractivity (Wildman–Crippen MR) is 47.1 cm³/mol. The van der Waals surface area contributed by atoms with Crippen molar-refractivity contribution < 1.29 is 22.0 Å². The molecular weight excluding hydrogens is 210 g/mol. The zero-order valence-corrected chi connectivity index (χ0v) is 7.79. The van der Waals surface area contributed by atoms with Crippen LogP contribution in [0.1, 0.15) is 5.56 Å². The van der Waals surface area contributed by atoms with Gasteiger partial charge in [-0.05, 0) is 23.2 Å². The SMILES string of the molecule is O=S(=O)(F)c1ccc2c(c1)B(O)OC2. The maximum absolute atomic E-state index is 12.6. The van der Waals surface area contributed by atoms with Gasteiger partial charge in [-0.3, -0.25) is 0 Å². The van der Waals surface area contributed by atoms with Gasteiger partial charge in [-0.1, -0.05) is 6.07 Å². The van der Waals surface area contributed by atoms with Crippen LogP contribution in [0.15, 0.2) is 23.1 Å². The highest BCUT2D eigenvalue weighted by molar-refractivity contribution is 7.86. The second-order valence-corrected chi connectivity index (χ2v) is 4.31. The quantitative estimate of drug-likeness (QED) is 0.510.